The molecule has 0 aliphatic carbocycles. The van der Waals surface area contributed by atoms with Crippen molar-refractivity contribution < 1.29 is 154 Å². The summed E-state index contributed by atoms with van der Waals surface area (Å²) in [6.45, 7) is -3.83. The van der Waals surface area contributed by atoms with Crippen LogP contribution in [0.15, 0.2) is 0 Å². The zero-order valence-electron chi connectivity index (χ0n) is 38.9. The second-order valence-electron chi connectivity index (χ2n) is 18.2. The van der Waals surface area contributed by atoms with Gasteiger partial charge in [0.05, 0.1) is 39.6 Å². The normalized spacial score (nSPS) is 49.8. The third-order valence-corrected chi connectivity index (χ3v) is 13.2. The Morgan fingerprint density at radius 3 is 1.12 bits per heavy atom. The molecule has 33 nitrogen and oxygen atoms in total. The number of nitrogens with one attached hydrogen (secondary N) is 2. The van der Waals surface area contributed by atoms with Crippen molar-refractivity contribution in [2.45, 2.75) is 198 Å². The molecule has 6 aliphatic heterocycles. The molecule has 0 aromatic rings. The Morgan fingerprint density at radius 1 is 0.329 bits per heavy atom. The van der Waals surface area contributed by atoms with Crippen LogP contribution in [0.5, 0.6) is 0 Å². The van der Waals surface area contributed by atoms with Crippen molar-refractivity contribution in [3.8, 4) is 0 Å². The van der Waals surface area contributed by atoms with E-state index >= 15 is 0 Å². The van der Waals surface area contributed by atoms with Gasteiger partial charge in [-0.05, 0) is 0 Å². The first-order chi connectivity index (χ1) is 34.5. The number of carbonyl (C=O) groups is 2. The average molecular weight is 1070 g/mol. The van der Waals surface area contributed by atoms with Gasteiger partial charge in [0, 0.05) is 13.8 Å². The highest BCUT2D eigenvalue weighted by Gasteiger charge is 2.58. The first-order valence-electron chi connectivity index (χ1n) is 23.1. The van der Waals surface area contributed by atoms with Gasteiger partial charge < -0.3 is 155 Å². The molecule has 6 aliphatic rings. The van der Waals surface area contributed by atoms with E-state index in [-0.39, 0.29) is 0 Å². The minimum atomic E-state index is -2.28. The van der Waals surface area contributed by atoms with Crippen LogP contribution in [0.2, 0.25) is 0 Å². The molecule has 20 N–H and O–H groups in total. The molecule has 0 aromatic heterocycles. The van der Waals surface area contributed by atoms with Gasteiger partial charge >= 0.3 is 0 Å². The first-order valence-corrected chi connectivity index (χ1v) is 23.1. The van der Waals surface area contributed by atoms with Crippen molar-refractivity contribution in [2.24, 2.45) is 0 Å². The van der Waals surface area contributed by atoms with Crippen molar-refractivity contribution in [3.05, 3.63) is 0 Å². The van der Waals surface area contributed by atoms with Crippen LogP contribution in [0.3, 0.4) is 0 Å². The van der Waals surface area contributed by atoms with Gasteiger partial charge in [-0.1, -0.05) is 0 Å². The summed E-state index contributed by atoms with van der Waals surface area (Å²) in [6.07, 6.45) is -54.5. The molecule has 0 spiro atoms. The lowest BCUT2D eigenvalue weighted by Gasteiger charge is -2.50. The van der Waals surface area contributed by atoms with Crippen molar-refractivity contribution >= 4 is 11.8 Å². The minimum absolute atomic E-state index is 0.709. The monoisotopic (exact) mass is 1070 g/mol. The van der Waals surface area contributed by atoms with Crippen molar-refractivity contribution in [1.29, 1.82) is 0 Å². The molecule has 0 radical (unpaired) electrons. The number of amides is 2. The zero-order chi connectivity index (χ0) is 53.9. The highest BCUT2D eigenvalue weighted by molar-refractivity contribution is 5.73. The van der Waals surface area contributed by atoms with Crippen LogP contribution in [0.1, 0.15) is 13.8 Å². The molecule has 2 amide bonds. The lowest BCUT2D eigenvalue weighted by molar-refractivity contribution is -0.406. The second kappa shape index (κ2) is 26.0. The number of carbonyl (C=O) groups excluding carboxylic acids is 2. The summed E-state index contributed by atoms with van der Waals surface area (Å²) < 4.78 is 63.0. The fraction of sp³-hybridized carbons (Fsp3) is 0.950. The van der Waals surface area contributed by atoms with E-state index in [0.717, 1.165) is 13.8 Å². The molecule has 6 heterocycles. The van der Waals surface area contributed by atoms with Crippen LogP contribution in [-0.4, -0.2) is 327 Å². The molecular weight excluding hydrogens is 1000 g/mol. The van der Waals surface area contributed by atoms with Crippen molar-refractivity contribution in [1.82, 2.24) is 10.6 Å². The predicted molar refractivity (Wildman–Crippen MR) is 222 cm³/mol. The maximum absolute atomic E-state index is 12.5. The van der Waals surface area contributed by atoms with Gasteiger partial charge in [0.1, 0.15) is 146 Å². The third kappa shape index (κ3) is 12.9. The first kappa shape index (κ1) is 60.0. The lowest BCUT2D eigenvalue weighted by Crippen LogP contribution is -2.70. The maximum atomic E-state index is 12.5. The summed E-state index contributed by atoms with van der Waals surface area (Å²) in [6, 6.07) is -3.24. The largest absolute Gasteiger partial charge is 0.394 e. The molecule has 33 heteroatoms. The van der Waals surface area contributed by atoms with E-state index < -0.39 is 236 Å². The predicted octanol–water partition coefficient (Wildman–Crippen LogP) is -13.8. The van der Waals surface area contributed by atoms with E-state index in [1.54, 1.807) is 0 Å². The zero-order valence-corrected chi connectivity index (χ0v) is 38.9. The topological polar surface area (TPSA) is 524 Å². The quantitative estimate of drug-likeness (QED) is 0.0606. The van der Waals surface area contributed by atoms with Gasteiger partial charge in [-0.15, -0.1) is 0 Å². The van der Waals surface area contributed by atoms with E-state index in [1.165, 1.54) is 0 Å². The molecule has 6 saturated heterocycles. The van der Waals surface area contributed by atoms with Crippen LogP contribution in [0.4, 0.5) is 0 Å². The van der Waals surface area contributed by atoms with E-state index in [1.807, 2.05) is 0 Å². The standard InChI is InChI=1S/C40H68N2O31/c1-9(49)41-17-23(55)30(15(7-47)63-35(17)62)69-36-18(42-10(2)50)24(56)31(16(8-48)68-36)70-38-29(61)32(22(54)14(6-46)65-38)71-39-34(27(59)21(53)12(4-44)66-39)73-40-33(26(58)20(52)13(5-45)67-40)72-37-28(60)25(57)19(51)11(3-43)64-37/h11-40,43-48,51-62H,3-8H2,1-2H3,(H,41,49)(H,42,50)/t11-,12-,13-,14?,15?,16?,17-,18-,19+,20+,21+,22+,23?,24?,25?,26?,27?,28?,29+,30+,31+,32?,33?,34?,35+,36-,37+,38-,39+,40+/m0/s1. The Labute approximate surface area is 413 Å². The Hall–Kier alpha value is -2.22. The third-order valence-electron chi connectivity index (χ3n) is 13.2. The number of aliphatic hydroxyl groups excluding tert-OH is 18. The number of rotatable bonds is 18. The van der Waals surface area contributed by atoms with Crippen LogP contribution in [0.25, 0.3) is 0 Å². The minimum Gasteiger partial charge on any atom is -0.394 e. The highest BCUT2D eigenvalue weighted by Crippen LogP contribution is 2.37. The molecule has 0 bridgehead atoms. The molecule has 73 heavy (non-hydrogen) atoms. The molecule has 0 aromatic carbocycles. The van der Waals surface area contributed by atoms with Gasteiger partial charge in [0.25, 0.3) is 0 Å². The molecule has 6 rings (SSSR count). The number of aliphatic hydroxyl groups is 18. The number of hydrogen-bond acceptors (Lipinski definition) is 31. The van der Waals surface area contributed by atoms with E-state index in [9.17, 15) is 102 Å². The Balaban J connectivity index is 1.25. The van der Waals surface area contributed by atoms with Crippen LogP contribution < -0.4 is 10.6 Å². The number of ether oxygens (including phenoxy) is 11. The Morgan fingerprint density at radius 2 is 0.658 bits per heavy atom. The summed E-state index contributed by atoms with van der Waals surface area (Å²) in [4.78, 5) is 24.3. The van der Waals surface area contributed by atoms with E-state index in [2.05, 4.69) is 10.6 Å². The summed E-state index contributed by atoms with van der Waals surface area (Å²) in [5.74, 6) is -1.53. The van der Waals surface area contributed by atoms with Crippen LogP contribution in [0, 0.1) is 0 Å². The Kier molecular flexibility index (Phi) is 21.3. The molecule has 0 saturated carbocycles. The SMILES string of the molecule is CC(=O)N[C@H]1C(O)[C@H](O[C@@H]2OC(CO)[C@@H](O)C(O[C@H]3O[C@@H](CO)[C@@H](O)C(O)C3O[C@H]3O[C@@H](CO)[C@@H](O)C(O)C3O[C@H]3O[C@@H](CO)[C@@H](O)C(O)C3O)[C@H]2O)C(CO)O[C@H]1O[C@@H]1C(CO)O[C@@H](O)[C@@H](NC(C)=O)C1O. The molecule has 12 unspecified atom stereocenters. The van der Waals surface area contributed by atoms with Crippen LogP contribution in [-0.2, 0) is 61.7 Å². The molecular formula is C40H68N2O31. The van der Waals surface area contributed by atoms with Gasteiger partial charge in [0.15, 0.2) is 37.7 Å². The highest BCUT2D eigenvalue weighted by atomic mass is 16.8. The fourth-order valence-corrected chi connectivity index (χ4v) is 9.28. The molecule has 424 valence electrons. The van der Waals surface area contributed by atoms with Gasteiger partial charge in [-0.2, -0.15) is 0 Å². The molecule has 30 atom stereocenters. The lowest BCUT2D eigenvalue weighted by atomic mass is 9.94. The van der Waals surface area contributed by atoms with Crippen molar-refractivity contribution in [2.75, 3.05) is 39.6 Å². The molecule has 6 fully saturated rings. The fourth-order valence-electron chi connectivity index (χ4n) is 9.28. The smallest absolute Gasteiger partial charge is 0.217 e. The summed E-state index contributed by atoms with van der Waals surface area (Å²) in [7, 11) is 0. The van der Waals surface area contributed by atoms with Gasteiger partial charge in [-0.3, -0.25) is 9.59 Å². The van der Waals surface area contributed by atoms with Gasteiger partial charge in [0.2, 0.25) is 11.8 Å². The maximum Gasteiger partial charge on any atom is 0.217 e. The van der Waals surface area contributed by atoms with Crippen molar-refractivity contribution in [3.63, 3.8) is 0 Å². The van der Waals surface area contributed by atoms with E-state index in [4.69, 9.17) is 52.1 Å². The van der Waals surface area contributed by atoms with E-state index in [0.29, 0.717) is 0 Å². The van der Waals surface area contributed by atoms with Gasteiger partial charge in [-0.25, -0.2) is 0 Å². The Bertz CT molecular complexity index is 1750. The summed E-state index contributed by atoms with van der Waals surface area (Å²) in [5.41, 5.74) is 0. The summed E-state index contributed by atoms with van der Waals surface area (Å²) >= 11 is 0. The second-order valence-corrected chi connectivity index (χ2v) is 18.2. The van der Waals surface area contributed by atoms with Crippen LogP contribution >= 0.6 is 0 Å². The number of hydrogen-bond donors (Lipinski definition) is 20. The average Bonchev–Trinajstić information content (AvgIpc) is 3.36. The summed E-state index contributed by atoms with van der Waals surface area (Å²) in [5, 5.41) is 198.